The Labute approximate surface area is 179 Å². The number of rotatable bonds is 8. The van der Waals surface area contributed by atoms with Crippen LogP contribution in [0.1, 0.15) is 56.3 Å². The van der Waals surface area contributed by atoms with Gasteiger partial charge in [0.05, 0.1) is 14.2 Å². The Balaban J connectivity index is 1.47. The van der Waals surface area contributed by atoms with Crippen molar-refractivity contribution in [3.63, 3.8) is 0 Å². The van der Waals surface area contributed by atoms with Crippen LogP contribution in [0.25, 0.3) is 0 Å². The first kappa shape index (κ1) is 20.8. The van der Waals surface area contributed by atoms with Gasteiger partial charge in [0, 0.05) is 43.7 Å². The van der Waals surface area contributed by atoms with Gasteiger partial charge in [-0.25, -0.2) is 4.98 Å². The monoisotopic (exact) mass is 411 g/mol. The molecule has 1 aromatic heterocycles. The zero-order valence-corrected chi connectivity index (χ0v) is 18.3. The third-order valence-electron chi connectivity index (χ3n) is 7.00. The number of nitrogens with zero attached hydrogens (tertiary/aromatic N) is 2. The number of fused-ring (bicyclic) bond motifs is 1. The molecule has 2 aliphatic carbocycles. The lowest BCUT2D eigenvalue weighted by atomic mass is 9.53. The molecule has 30 heavy (non-hydrogen) atoms. The topological polar surface area (TPSA) is 65.4 Å². The van der Waals surface area contributed by atoms with Gasteiger partial charge in [-0.05, 0) is 42.4 Å². The number of methoxy groups -OCH3 is 2. The molecule has 0 spiro atoms. The molecule has 2 aromatic rings. The number of hydrogen-bond donors (Lipinski definition) is 1. The van der Waals surface area contributed by atoms with Crippen molar-refractivity contribution < 1.29 is 14.3 Å². The van der Waals surface area contributed by atoms with E-state index in [0.29, 0.717) is 30.7 Å². The molecule has 0 aliphatic heterocycles. The molecular formula is C24H33N3O3. The van der Waals surface area contributed by atoms with Crippen molar-refractivity contribution in [3.05, 3.63) is 42.0 Å². The minimum Gasteiger partial charge on any atom is -0.493 e. The highest BCUT2D eigenvalue weighted by Crippen LogP contribution is 2.55. The smallest absolute Gasteiger partial charge is 0.222 e. The predicted molar refractivity (Wildman–Crippen MR) is 116 cm³/mol. The lowest BCUT2D eigenvalue weighted by Gasteiger charge is -2.55. The van der Waals surface area contributed by atoms with Gasteiger partial charge in [-0.2, -0.15) is 0 Å². The first-order chi connectivity index (χ1) is 14.7. The van der Waals surface area contributed by atoms with Gasteiger partial charge in [0.1, 0.15) is 5.82 Å². The highest BCUT2D eigenvalue weighted by atomic mass is 16.5. The summed E-state index contributed by atoms with van der Waals surface area (Å²) in [6.07, 6.45) is 10.1. The summed E-state index contributed by atoms with van der Waals surface area (Å²) in [4.78, 5) is 17.2. The summed E-state index contributed by atoms with van der Waals surface area (Å²) >= 11 is 0. The van der Waals surface area contributed by atoms with E-state index in [1.165, 1.54) is 31.2 Å². The zero-order chi connectivity index (χ0) is 21.1. The molecule has 162 valence electrons. The lowest BCUT2D eigenvalue weighted by Crippen LogP contribution is -2.59. The summed E-state index contributed by atoms with van der Waals surface area (Å²) in [6.45, 7) is 2.76. The van der Waals surface area contributed by atoms with E-state index in [9.17, 15) is 4.79 Å². The molecular weight excluding hydrogens is 378 g/mol. The molecule has 1 aromatic carbocycles. The molecule has 4 rings (SSSR count). The fourth-order valence-electron chi connectivity index (χ4n) is 5.52. The second kappa shape index (κ2) is 9.11. The quantitative estimate of drug-likeness (QED) is 0.715. The maximum absolute atomic E-state index is 12.8. The van der Waals surface area contributed by atoms with Gasteiger partial charge in [-0.3, -0.25) is 4.79 Å². The second-order valence-corrected chi connectivity index (χ2v) is 8.49. The van der Waals surface area contributed by atoms with E-state index >= 15 is 0 Å². The van der Waals surface area contributed by atoms with Crippen LogP contribution in [0.2, 0.25) is 0 Å². The third kappa shape index (κ3) is 3.92. The van der Waals surface area contributed by atoms with Gasteiger partial charge in [0.2, 0.25) is 5.91 Å². The van der Waals surface area contributed by atoms with Crippen LogP contribution in [0.5, 0.6) is 11.5 Å². The minimum absolute atomic E-state index is 0.130. The van der Waals surface area contributed by atoms with E-state index in [1.807, 2.05) is 18.5 Å². The SMILES string of the molecule is CCc1nccn1CCC(=O)N[C@H]1[C@@H]2CCCC[C@@H]2[C@@H]1c1ccc(OC)c(OC)c1. The number of carbonyl (C=O) groups excluding carboxylic acids is 1. The van der Waals surface area contributed by atoms with E-state index < -0.39 is 0 Å². The van der Waals surface area contributed by atoms with Crippen molar-refractivity contribution in [2.45, 2.75) is 64.0 Å². The number of aryl methyl sites for hydroxylation is 2. The van der Waals surface area contributed by atoms with E-state index in [1.54, 1.807) is 14.2 Å². The number of amides is 1. The molecule has 0 saturated heterocycles. The maximum Gasteiger partial charge on any atom is 0.222 e. The van der Waals surface area contributed by atoms with Crippen molar-refractivity contribution in [1.29, 1.82) is 0 Å². The fourth-order valence-corrected chi connectivity index (χ4v) is 5.52. The van der Waals surface area contributed by atoms with Gasteiger partial charge >= 0.3 is 0 Å². The molecule has 1 amide bonds. The summed E-state index contributed by atoms with van der Waals surface area (Å²) in [5.41, 5.74) is 1.24. The van der Waals surface area contributed by atoms with Crippen LogP contribution < -0.4 is 14.8 Å². The van der Waals surface area contributed by atoms with Gasteiger partial charge < -0.3 is 19.4 Å². The van der Waals surface area contributed by atoms with Crippen molar-refractivity contribution in [2.24, 2.45) is 11.8 Å². The Bertz CT molecular complexity index is 878. The van der Waals surface area contributed by atoms with Crippen LogP contribution in [0.15, 0.2) is 30.6 Å². The molecule has 1 N–H and O–H groups in total. The molecule has 0 bridgehead atoms. The molecule has 4 atom stereocenters. The first-order valence-electron chi connectivity index (χ1n) is 11.2. The van der Waals surface area contributed by atoms with E-state index in [0.717, 1.165) is 23.7 Å². The van der Waals surface area contributed by atoms with Crippen LogP contribution in [-0.2, 0) is 17.8 Å². The standard InChI is InChI=1S/C24H33N3O3/c1-4-21-25-12-14-27(21)13-11-22(28)26-24-18-8-6-5-7-17(18)23(24)16-9-10-19(29-2)20(15-16)30-3/h9-10,12,14-15,17-18,23-24H,4-8,11,13H2,1-3H3,(H,26,28)/t17-,18+,23-,24-/m0/s1. The number of nitrogens with one attached hydrogen (secondary N) is 1. The normalized spacial score (nSPS) is 25.2. The maximum atomic E-state index is 12.8. The van der Waals surface area contributed by atoms with E-state index in [2.05, 4.69) is 33.9 Å². The third-order valence-corrected chi connectivity index (χ3v) is 7.00. The summed E-state index contributed by atoms with van der Waals surface area (Å²) in [7, 11) is 3.33. The van der Waals surface area contributed by atoms with Gasteiger partial charge in [0.25, 0.3) is 0 Å². The number of hydrogen-bond acceptors (Lipinski definition) is 4. The van der Waals surface area contributed by atoms with Crippen molar-refractivity contribution in [1.82, 2.24) is 14.9 Å². The molecule has 6 nitrogen and oxygen atoms in total. The van der Waals surface area contributed by atoms with Gasteiger partial charge in [-0.15, -0.1) is 0 Å². The van der Waals surface area contributed by atoms with Crippen LogP contribution in [0, 0.1) is 11.8 Å². The number of imidazole rings is 1. The second-order valence-electron chi connectivity index (χ2n) is 8.49. The molecule has 2 aliphatic rings. The van der Waals surface area contributed by atoms with E-state index in [4.69, 9.17) is 9.47 Å². The fraction of sp³-hybridized carbons (Fsp3) is 0.583. The average Bonchev–Trinajstić information content (AvgIpc) is 3.24. The first-order valence-corrected chi connectivity index (χ1v) is 11.2. The van der Waals surface area contributed by atoms with Crippen molar-refractivity contribution >= 4 is 5.91 Å². The van der Waals surface area contributed by atoms with Crippen LogP contribution >= 0.6 is 0 Å². The van der Waals surface area contributed by atoms with Crippen LogP contribution in [0.4, 0.5) is 0 Å². The number of benzene rings is 1. The summed E-state index contributed by atoms with van der Waals surface area (Å²) in [5, 5.41) is 3.39. The number of ether oxygens (including phenoxy) is 2. The highest BCUT2D eigenvalue weighted by molar-refractivity contribution is 5.76. The van der Waals surface area contributed by atoms with Crippen LogP contribution in [0.3, 0.4) is 0 Å². The summed E-state index contributed by atoms with van der Waals surface area (Å²) in [5.74, 6) is 4.23. The van der Waals surface area contributed by atoms with Crippen molar-refractivity contribution in [2.75, 3.05) is 14.2 Å². The Morgan fingerprint density at radius 2 is 1.93 bits per heavy atom. The van der Waals surface area contributed by atoms with Gasteiger partial charge in [-0.1, -0.05) is 25.8 Å². The molecule has 1 heterocycles. The Kier molecular flexibility index (Phi) is 6.30. The largest absolute Gasteiger partial charge is 0.493 e. The summed E-state index contributed by atoms with van der Waals surface area (Å²) in [6, 6.07) is 6.41. The number of carbonyl (C=O) groups is 1. The molecule has 0 unspecified atom stereocenters. The lowest BCUT2D eigenvalue weighted by molar-refractivity contribution is -0.125. The van der Waals surface area contributed by atoms with Crippen molar-refractivity contribution in [3.8, 4) is 11.5 Å². The van der Waals surface area contributed by atoms with E-state index in [-0.39, 0.29) is 11.9 Å². The summed E-state index contributed by atoms with van der Waals surface area (Å²) < 4.78 is 13.0. The zero-order valence-electron chi connectivity index (χ0n) is 18.3. The molecule has 0 radical (unpaired) electrons. The van der Waals surface area contributed by atoms with Crippen LogP contribution in [-0.4, -0.2) is 35.7 Å². The Morgan fingerprint density at radius 3 is 2.67 bits per heavy atom. The number of aromatic nitrogens is 2. The van der Waals surface area contributed by atoms with Gasteiger partial charge in [0.15, 0.2) is 11.5 Å². The highest BCUT2D eigenvalue weighted by Gasteiger charge is 2.51. The predicted octanol–water partition coefficient (Wildman–Crippen LogP) is 3.94. The Hall–Kier alpha value is -2.50. The molecule has 2 fully saturated rings. The Morgan fingerprint density at radius 1 is 1.17 bits per heavy atom. The molecule has 2 saturated carbocycles. The average molecular weight is 412 g/mol. The minimum atomic E-state index is 0.130. The molecule has 6 heteroatoms.